The van der Waals surface area contributed by atoms with Gasteiger partial charge in [0.1, 0.15) is 5.75 Å². The van der Waals surface area contributed by atoms with E-state index in [4.69, 9.17) is 10.5 Å². The van der Waals surface area contributed by atoms with Gasteiger partial charge in [0.25, 0.3) is 0 Å². The molecule has 0 aliphatic heterocycles. The third-order valence-electron chi connectivity index (χ3n) is 3.31. The number of hydrogen-bond donors (Lipinski definition) is 3. The molecular weight excluding hydrogens is 252 g/mol. The highest BCUT2D eigenvalue weighted by molar-refractivity contribution is 5.54. The molecule has 1 aromatic rings. The van der Waals surface area contributed by atoms with Crippen LogP contribution in [0.4, 0.5) is 5.69 Å². The molecule has 114 valence electrons. The quantitative estimate of drug-likeness (QED) is 0.607. The zero-order valence-corrected chi connectivity index (χ0v) is 12.9. The molecule has 0 heterocycles. The van der Waals surface area contributed by atoms with Crippen molar-refractivity contribution < 1.29 is 9.84 Å². The van der Waals surface area contributed by atoms with Crippen LogP contribution in [0, 0.1) is 0 Å². The van der Waals surface area contributed by atoms with Gasteiger partial charge in [0.05, 0.1) is 18.9 Å². The van der Waals surface area contributed by atoms with Crippen molar-refractivity contribution in [1.29, 1.82) is 0 Å². The van der Waals surface area contributed by atoms with Crippen molar-refractivity contribution in [3.63, 3.8) is 0 Å². The number of anilines is 1. The number of benzene rings is 1. The first kappa shape index (κ1) is 16.8. The number of nitrogens with two attached hydrogens (primary N) is 1. The van der Waals surface area contributed by atoms with Crippen molar-refractivity contribution in [3.05, 3.63) is 23.8 Å². The average Bonchev–Trinajstić information content (AvgIpc) is 2.44. The van der Waals surface area contributed by atoms with Gasteiger partial charge in [-0.25, -0.2) is 0 Å². The van der Waals surface area contributed by atoms with Crippen molar-refractivity contribution in [2.24, 2.45) is 0 Å². The monoisotopic (exact) mass is 280 g/mol. The number of nitrogen functional groups attached to an aromatic ring is 1. The van der Waals surface area contributed by atoms with Crippen LogP contribution in [0.5, 0.6) is 5.75 Å². The molecule has 0 amide bonds. The first-order valence-corrected chi connectivity index (χ1v) is 7.48. The van der Waals surface area contributed by atoms with Gasteiger partial charge in [-0.1, -0.05) is 19.9 Å². The van der Waals surface area contributed by atoms with Gasteiger partial charge in [0.2, 0.25) is 0 Å². The van der Waals surface area contributed by atoms with Crippen molar-refractivity contribution >= 4 is 5.69 Å². The largest absolute Gasteiger partial charge is 0.491 e. The van der Waals surface area contributed by atoms with E-state index in [2.05, 4.69) is 32.2 Å². The lowest BCUT2D eigenvalue weighted by Gasteiger charge is -2.21. The van der Waals surface area contributed by atoms with Gasteiger partial charge in [-0.3, -0.25) is 0 Å². The molecule has 2 atom stereocenters. The Morgan fingerprint density at radius 3 is 2.65 bits per heavy atom. The molecule has 2 unspecified atom stereocenters. The fourth-order valence-corrected chi connectivity index (χ4v) is 2.18. The maximum absolute atomic E-state index is 9.20. The Bertz CT molecular complexity index is 392. The minimum atomic E-state index is 0.162. The highest BCUT2D eigenvalue weighted by atomic mass is 16.5. The van der Waals surface area contributed by atoms with E-state index in [1.54, 1.807) is 0 Å². The second-order valence-electron chi connectivity index (χ2n) is 5.28. The van der Waals surface area contributed by atoms with Crippen LogP contribution in [0.1, 0.15) is 39.2 Å². The summed E-state index contributed by atoms with van der Waals surface area (Å²) in [6, 6.07) is 6.43. The van der Waals surface area contributed by atoms with E-state index in [1.807, 2.05) is 12.1 Å². The fourth-order valence-electron chi connectivity index (χ4n) is 2.18. The molecular formula is C16H28N2O2. The van der Waals surface area contributed by atoms with E-state index < -0.39 is 0 Å². The molecule has 0 aliphatic rings. The number of aliphatic hydroxyl groups is 1. The smallest absolute Gasteiger partial charge is 0.142 e. The lowest BCUT2D eigenvalue weighted by atomic mass is 10.0. The van der Waals surface area contributed by atoms with Crippen LogP contribution in [0.15, 0.2) is 18.2 Å². The summed E-state index contributed by atoms with van der Waals surface area (Å²) >= 11 is 0. The van der Waals surface area contributed by atoms with Crippen LogP contribution in [-0.4, -0.2) is 30.4 Å². The topological polar surface area (TPSA) is 67.5 Å². The zero-order chi connectivity index (χ0) is 15.0. The van der Waals surface area contributed by atoms with Gasteiger partial charge in [-0.05, 0) is 43.9 Å². The highest BCUT2D eigenvalue weighted by Gasteiger charge is 2.10. The Labute approximate surface area is 122 Å². The van der Waals surface area contributed by atoms with Crippen LogP contribution in [0.3, 0.4) is 0 Å². The van der Waals surface area contributed by atoms with Crippen LogP contribution in [-0.2, 0) is 6.42 Å². The van der Waals surface area contributed by atoms with Crippen LogP contribution >= 0.6 is 0 Å². The summed E-state index contributed by atoms with van der Waals surface area (Å²) in [6.45, 7) is 7.13. The van der Waals surface area contributed by atoms with E-state index in [9.17, 15) is 5.11 Å². The molecule has 0 bridgehead atoms. The molecule has 20 heavy (non-hydrogen) atoms. The predicted molar refractivity (Wildman–Crippen MR) is 84.1 cm³/mol. The second-order valence-corrected chi connectivity index (χ2v) is 5.28. The Morgan fingerprint density at radius 2 is 2.10 bits per heavy atom. The number of hydrogen-bond acceptors (Lipinski definition) is 4. The van der Waals surface area contributed by atoms with Crippen molar-refractivity contribution in [3.8, 4) is 5.75 Å². The van der Waals surface area contributed by atoms with E-state index >= 15 is 0 Å². The first-order chi connectivity index (χ1) is 9.60. The van der Waals surface area contributed by atoms with E-state index in [-0.39, 0.29) is 12.6 Å². The molecule has 0 aromatic heterocycles. The molecule has 4 N–H and O–H groups in total. The van der Waals surface area contributed by atoms with Gasteiger partial charge in [0.15, 0.2) is 0 Å². The van der Waals surface area contributed by atoms with E-state index in [1.165, 1.54) is 5.56 Å². The molecule has 0 saturated heterocycles. The van der Waals surface area contributed by atoms with E-state index in [0.717, 1.165) is 25.0 Å². The van der Waals surface area contributed by atoms with Gasteiger partial charge in [-0.15, -0.1) is 0 Å². The Hall–Kier alpha value is -1.26. The summed E-state index contributed by atoms with van der Waals surface area (Å²) in [5.41, 5.74) is 7.88. The SMILES string of the molecule is CCCOc1ccc(CC(C)NC(CC)CO)cc1N. The minimum absolute atomic E-state index is 0.162. The number of aliphatic hydroxyl groups excluding tert-OH is 1. The molecule has 0 saturated carbocycles. The number of nitrogens with one attached hydrogen (secondary N) is 1. The van der Waals surface area contributed by atoms with Crippen molar-refractivity contribution in [1.82, 2.24) is 5.32 Å². The predicted octanol–water partition coefficient (Wildman–Crippen LogP) is 2.35. The van der Waals surface area contributed by atoms with Crippen molar-refractivity contribution in [2.45, 2.75) is 52.1 Å². The molecule has 1 rings (SSSR count). The molecule has 1 aromatic carbocycles. The first-order valence-electron chi connectivity index (χ1n) is 7.48. The summed E-state index contributed by atoms with van der Waals surface area (Å²) < 4.78 is 5.57. The zero-order valence-electron chi connectivity index (χ0n) is 12.9. The van der Waals surface area contributed by atoms with Crippen molar-refractivity contribution in [2.75, 3.05) is 18.9 Å². The normalized spacial score (nSPS) is 14.0. The third-order valence-corrected chi connectivity index (χ3v) is 3.31. The van der Waals surface area contributed by atoms with E-state index in [0.29, 0.717) is 18.3 Å². The summed E-state index contributed by atoms with van der Waals surface area (Å²) in [5.74, 6) is 0.762. The summed E-state index contributed by atoms with van der Waals surface area (Å²) in [6.07, 6.45) is 2.78. The Balaban J connectivity index is 2.57. The molecule has 0 aliphatic carbocycles. The molecule has 0 radical (unpaired) electrons. The summed E-state index contributed by atoms with van der Waals surface area (Å²) in [7, 11) is 0. The molecule has 4 heteroatoms. The Kier molecular flexibility index (Phi) is 7.41. The maximum atomic E-state index is 9.20. The minimum Gasteiger partial charge on any atom is -0.491 e. The maximum Gasteiger partial charge on any atom is 0.142 e. The van der Waals surface area contributed by atoms with Gasteiger partial charge in [0, 0.05) is 12.1 Å². The van der Waals surface area contributed by atoms with Crippen LogP contribution < -0.4 is 15.8 Å². The molecule has 4 nitrogen and oxygen atoms in total. The van der Waals surface area contributed by atoms with Crippen LogP contribution in [0.25, 0.3) is 0 Å². The van der Waals surface area contributed by atoms with Gasteiger partial charge in [-0.2, -0.15) is 0 Å². The van der Waals surface area contributed by atoms with Gasteiger partial charge < -0.3 is 20.9 Å². The third kappa shape index (κ3) is 5.39. The average molecular weight is 280 g/mol. The number of ether oxygens (including phenoxy) is 1. The fraction of sp³-hybridized carbons (Fsp3) is 0.625. The van der Waals surface area contributed by atoms with Gasteiger partial charge >= 0.3 is 0 Å². The van der Waals surface area contributed by atoms with Crippen LogP contribution in [0.2, 0.25) is 0 Å². The molecule has 0 fully saturated rings. The lowest BCUT2D eigenvalue weighted by Crippen LogP contribution is -2.39. The standard InChI is InChI=1S/C16H28N2O2/c1-4-8-20-16-7-6-13(10-15(16)17)9-12(3)18-14(5-2)11-19/h6-7,10,12,14,18-19H,4-5,8-9,11,17H2,1-3H3. The number of rotatable bonds is 9. The lowest BCUT2D eigenvalue weighted by molar-refractivity contribution is 0.229. The highest BCUT2D eigenvalue weighted by Crippen LogP contribution is 2.23. The Morgan fingerprint density at radius 1 is 1.35 bits per heavy atom. The summed E-state index contributed by atoms with van der Waals surface area (Å²) in [5, 5.41) is 12.6. The second kappa shape index (κ2) is 8.82. The summed E-state index contributed by atoms with van der Waals surface area (Å²) in [4.78, 5) is 0. The molecule has 0 spiro atoms.